The summed E-state index contributed by atoms with van der Waals surface area (Å²) in [7, 11) is 0. The highest BCUT2D eigenvalue weighted by molar-refractivity contribution is 5.43. The summed E-state index contributed by atoms with van der Waals surface area (Å²) in [6.07, 6.45) is 5.01. The van der Waals surface area contributed by atoms with Crippen molar-refractivity contribution in [2.75, 3.05) is 5.73 Å². The largest absolute Gasteiger partial charge is 0.430 e. The van der Waals surface area contributed by atoms with E-state index in [9.17, 15) is 10.1 Å². The summed E-state index contributed by atoms with van der Waals surface area (Å²) in [5.41, 5.74) is 5.04. The van der Waals surface area contributed by atoms with E-state index in [-0.39, 0.29) is 17.5 Å². The molecule has 0 unspecified atom stereocenters. The lowest BCUT2D eigenvalue weighted by atomic mass is 10.5. The number of nitrogens with two attached hydrogens (primary N) is 1. The van der Waals surface area contributed by atoms with Gasteiger partial charge in [0.15, 0.2) is 5.75 Å². The Morgan fingerprint density at radius 3 is 3.00 bits per heavy atom. The van der Waals surface area contributed by atoms with Crippen LogP contribution in [0.5, 0.6) is 11.6 Å². The second-order valence-corrected chi connectivity index (χ2v) is 3.72. The standard InChI is InChI=1S/C10H12N6O3/c1-2-3-15-6-7(4-13-15)19-9-8(16(17)18)5-12-10(11)14-9/h4-6H,2-3H2,1H3,(H2,11,12,14). The van der Waals surface area contributed by atoms with Crippen LogP contribution in [0.15, 0.2) is 18.6 Å². The van der Waals surface area contributed by atoms with Crippen molar-refractivity contribution in [3.8, 4) is 11.6 Å². The van der Waals surface area contributed by atoms with Crippen LogP contribution < -0.4 is 10.5 Å². The molecule has 2 aromatic rings. The zero-order valence-electron chi connectivity index (χ0n) is 10.2. The lowest BCUT2D eigenvalue weighted by molar-refractivity contribution is -0.386. The van der Waals surface area contributed by atoms with E-state index in [1.165, 1.54) is 6.20 Å². The fourth-order valence-electron chi connectivity index (χ4n) is 1.43. The fraction of sp³-hybridized carbons (Fsp3) is 0.300. The molecule has 0 atom stereocenters. The minimum absolute atomic E-state index is 0.0958. The summed E-state index contributed by atoms with van der Waals surface area (Å²) in [6.45, 7) is 2.75. The van der Waals surface area contributed by atoms with Gasteiger partial charge in [-0.15, -0.1) is 0 Å². The van der Waals surface area contributed by atoms with Crippen molar-refractivity contribution >= 4 is 11.6 Å². The van der Waals surface area contributed by atoms with Gasteiger partial charge >= 0.3 is 11.6 Å². The highest BCUT2D eigenvalue weighted by atomic mass is 16.6. The number of hydrogen-bond acceptors (Lipinski definition) is 7. The Labute approximate surface area is 108 Å². The molecule has 0 amide bonds. The quantitative estimate of drug-likeness (QED) is 0.639. The van der Waals surface area contributed by atoms with Crippen molar-refractivity contribution in [2.45, 2.75) is 19.9 Å². The number of nitrogen functional groups attached to an aromatic ring is 1. The Hall–Kier alpha value is -2.71. The van der Waals surface area contributed by atoms with E-state index < -0.39 is 4.92 Å². The maximum Gasteiger partial charge on any atom is 0.349 e. The van der Waals surface area contributed by atoms with E-state index in [1.54, 1.807) is 10.9 Å². The van der Waals surface area contributed by atoms with Gasteiger partial charge in [-0.1, -0.05) is 6.92 Å². The van der Waals surface area contributed by atoms with E-state index in [4.69, 9.17) is 10.5 Å². The van der Waals surface area contributed by atoms with Crippen molar-refractivity contribution in [2.24, 2.45) is 0 Å². The maximum atomic E-state index is 10.8. The minimum atomic E-state index is -0.634. The third-order valence-corrected chi connectivity index (χ3v) is 2.23. The van der Waals surface area contributed by atoms with Crippen LogP contribution in [0, 0.1) is 10.1 Å². The molecule has 9 heteroatoms. The second kappa shape index (κ2) is 5.29. The number of ether oxygens (including phenoxy) is 1. The van der Waals surface area contributed by atoms with Gasteiger partial charge in [0.25, 0.3) is 0 Å². The first-order valence-electron chi connectivity index (χ1n) is 5.57. The van der Waals surface area contributed by atoms with Gasteiger partial charge in [0, 0.05) is 6.54 Å². The summed E-state index contributed by atoms with van der Waals surface area (Å²) < 4.78 is 6.99. The topological polar surface area (TPSA) is 122 Å². The van der Waals surface area contributed by atoms with Gasteiger partial charge in [0.2, 0.25) is 5.95 Å². The number of rotatable bonds is 5. The first-order valence-corrected chi connectivity index (χ1v) is 5.57. The van der Waals surface area contributed by atoms with Gasteiger partial charge in [-0.3, -0.25) is 14.8 Å². The number of nitrogens with zero attached hydrogens (tertiary/aromatic N) is 5. The van der Waals surface area contributed by atoms with E-state index in [0.29, 0.717) is 5.75 Å². The molecule has 2 aromatic heterocycles. The van der Waals surface area contributed by atoms with Crippen LogP contribution in [0.25, 0.3) is 0 Å². The molecule has 0 aromatic carbocycles. The molecule has 0 saturated carbocycles. The molecular weight excluding hydrogens is 252 g/mol. The van der Waals surface area contributed by atoms with Gasteiger partial charge < -0.3 is 10.5 Å². The number of hydrogen-bond donors (Lipinski definition) is 1. The molecule has 0 saturated heterocycles. The van der Waals surface area contributed by atoms with Crippen LogP contribution in [0.1, 0.15) is 13.3 Å². The van der Waals surface area contributed by atoms with Crippen molar-refractivity contribution in [3.63, 3.8) is 0 Å². The molecule has 2 heterocycles. The molecule has 19 heavy (non-hydrogen) atoms. The number of nitro groups is 1. The molecule has 0 radical (unpaired) electrons. The first-order chi connectivity index (χ1) is 9.10. The predicted molar refractivity (Wildman–Crippen MR) is 65.7 cm³/mol. The van der Waals surface area contributed by atoms with Gasteiger partial charge in [0.05, 0.1) is 17.3 Å². The average Bonchev–Trinajstić information content (AvgIpc) is 2.77. The molecule has 0 fully saturated rings. The van der Waals surface area contributed by atoms with Crippen molar-refractivity contribution < 1.29 is 9.66 Å². The Balaban J connectivity index is 2.26. The van der Waals surface area contributed by atoms with Crippen molar-refractivity contribution in [1.82, 2.24) is 19.7 Å². The van der Waals surface area contributed by atoms with Crippen molar-refractivity contribution in [1.29, 1.82) is 0 Å². The highest BCUT2D eigenvalue weighted by Crippen LogP contribution is 2.28. The summed E-state index contributed by atoms with van der Waals surface area (Å²) >= 11 is 0. The molecule has 9 nitrogen and oxygen atoms in total. The minimum Gasteiger partial charge on any atom is -0.430 e. The number of aromatic nitrogens is 4. The molecular formula is C10H12N6O3. The summed E-state index contributed by atoms with van der Waals surface area (Å²) in [6, 6.07) is 0. The predicted octanol–water partition coefficient (Wildman–Crippen LogP) is 1.37. The smallest absolute Gasteiger partial charge is 0.349 e. The van der Waals surface area contributed by atoms with Crippen LogP contribution in [-0.2, 0) is 6.54 Å². The van der Waals surface area contributed by atoms with Crippen LogP contribution in [0.2, 0.25) is 0 Å². The zero-order chi connectivity index (χ0) is 13.8. The Kier molecular flexibility index (Phi) is 3.55. The second-order valence-electron chi connectivity index (χ2n) is 3.72. The monoisotopic (exact) mass is 264 g/mol. The maximum absolute atomic E-state index is 10.8. The molecule has 2 rings (SSSR count). The van der Waals surface area contributed by atoms with Crippen LogP contribution in [-0.4, -0.2) is 24.7 Å². The molecule has 100 valence electrons. The molecule has 0 aliphatic rings. The van der Waals surface area contributed by atoms with Crippen LogP contribution >= 0.6 is 0 Å². The first kappa shape index (κ1) is 12.7. The summed E-state index contributed by atoms with van der Waals surface area (Å²) in [4.78, 5) is 17.5. The molecule has 0 spiro atoms. The van der Waals surface area contributed by atoms with Crippen LogP contribution in [0.3, 0.4) is 0 Å². The highest BCUT2D eigenvalue weighted by Gasteiger charge is 2.19. The molecule has 0 aliphatic heterocycles. The number of anilines is 1. The van der Waals surface area contributed by atoms with Crippen molar-refractivity contribution in [3.05, 3.63) is 28.7 Å². The van der Waals surface area contributed by atoms with E-state index in [2.05, 4.69) is 15.1 Å². The van der Waals surface area contributed by atoms with E-state index in [0.717, 1.165) is 19.2 Å². The Morgan fingerprint density at radius 1 is 1.53 bits per heavy atom. The molecule has 2 N–H and O–H groups in total. The van der Waals surface area contributed by atoms with E-state index >= 15 is 0 Å². The Bertz CT molecular complexity index is 597. The molecule has 0 aliphatic carbocycles. The van der Waals surface area contributed by atoms with Gasteiger partial charge in [0.1, 0.15) is 6.20 Å². The number of aryl methyl sites for hydroxylation is 1. The summed E-state index contributed by atoms with van der Waals surface area (Å²) in [5, 5.41) is 14.9. The lowest BCUT2D eigenvalue weighted by Crippen LogP contribution is -2.01. The van der Waals surface area contributed by atoms with Gasteiger partial charge in [-0.2, -0.15) is 10.1 Å². The Morgan fingerprint density at radius 2 is 2.32 bits per heavy atom. The SMILES string of the molecule is CCCn1cc(Oc2nc(N)ncc2[N+](=O)[O-])cn1. The average molecular weight is 264 g/mol. The molecule has 0 bridgehead atoms. The van der Waals surface area contributed by atoms with Gasteiger partial charge in [-0.05, 0) is 6.42 Å². The fourth-order valence-corrected chi connectivity index (χ4v) is 1.43. The summed E-state index contributed by atoms with van der Waals surface area (Å²) in [5.74, 6) is 0.0600. The normalized spacial score (nSPS) is 10.4. The zero-order valence-corrected chi connectivity index (χ0v) is 10.2. The van der Waals surface area contributed by atoms with E-state index in [1.807, 2.05) is 6.92 Å². The lowest BCUT2D eigenvalue weighted by Gasteiger charge is -2.02. The third kappa shape index (κ3) is 2.94. The third-order valence-electron chi connectivity index (χ3n) is 2.23. The van der Waals surface area contributed by atoms with Gasteiger partial charge in [-0.25, -0.2) is 4.98 Å². The van der Waals surface area contributed by atoms with Crippen LogP contribution in [0.4, 0.5) is 11.6 Å².